The first-order chi connectivity index (χ1) is 10.8. The quantitative estimate of drug-likeness (QED) is 0.725. The van der Waals surface area contributed by atoms with Crippen LogP contribution in [0.5, 0.6) is 11.5 Å². The van der Waals surface area contributed by atoms with Crippen LogP contribution in [-0.4, -0.2) is 16.7 Å². The molecule has 0 saturated carbocycles. The smallest absolute Gasteiger partial charge is 0.161 e. The fourth-order valence-corrected chi connectivity index (χ4v) is 2.36. The van der Waals surface area contributed by atoms with Gasteiger partial charge in [0.2, 0.25) is 0 Å². The first-order valence-electron chi connectivity index (χ1n) is 6.90. The Hall–Kier alpha value is -3.00. The molecule has 0 saturated heterocycles. The summed E-state index contributed by atoms with van der Waals surface area (Å²) in [5.74, 6) is 2.04. The van der Waals surface area contributed by atoms with E-state index in [-0.39, 0.29) is 13.2 Å². The molecule has 110 valence electrons. The minimum absolute atomic E-state index is 0.241. The van der Waals surface area contributed by atoms with E-state index in [1.165, 1.54) is 0 Å². The van der Waals surface area contributed by atoms with Crippen LogP contribution < -0.4 is 9.47 Å². The summed E-state index contributed by atoms with van der Waals surface area (Å²) in [6.45, 7) is 0.516. The summed E-state index contributed by atoms with van der Waals surface area (Å²) in [5, 5.41) is 9.03. The van der Waals surface area contributed by atoms with Crippen molar-refractivity contribution in [2.45, 2.75) is 13.2 Å². The van der Waals surface area contributed by atoms with E-state index < -0.39 is 0 Å². The monoisotopic (exact) mass is 293 g/mol. The molecule has 0 fully saturated rings. The predicted octanol–water partition coefficient (Wildman–Crippen LogP) is 3.15. The minimum atomic E-state index is 0.241. The van der Waals surface area contributed by atoms with Gasteiger partial charge in [-0.2, -0.15) is 5.26 Å². The molecule has 0 spiro atoms. The summed E-state index contributed by atoms with van der Waals surface area (Å²) >= 11 is 0. The van der Waals surface area contributed by atoms with Crippen molar-refractivity contribution in [2.75, 3.05) is 7.11 Å². The Morgan fingerprint density at radius 2 is 1.82 bits per heavy atom. The SMILES string of the molecule is COc1ccccc1OCc1nc2ccccc2n1CC#N. The molecular formula is C17H15N3O2. The molecule has 0 N–H and O–H groups in total. The number of hydrogen-bond acceptors (Lipinski definition) is 4. The van der Waals surface area contributed by atoms with Crippen molar-refractivity contribution in [3.05, 3.63) is 54.4 Å². The summed E-state index contributed by atoms with van der Waals surface area (Å²) in [5.41, 5.74) is 1.79. The number of benzene rings is 2. The summed E-state index contributed by atoms with van der Waals surface area (Å²) in [6.07, 6.45) is 0. The Balaban J connectivity index is 1.90. The number of ether oxygens (including phenoxy) is 2. The highest BCUT2D eigenvalue weighted by Gasteiger charge is 2.11. The average Bonchev–Trinajstić information content (AvgIpc) is 2.91. The van der Waals surface area contributed by atoms with Crippen LogP contribution in [0, 0.1) is 11.3 Å². The number of fused-ring (bicyclic) bond motifs is 1. The molecular weight excluding hydrogens is 278 g/mol. The van der Waals surface area contributed by atoms with Gasteiger partial charge >= 0.3 is 0 Å². The van der Waals surface area contributed by atoms with E-state index in [0.717, 1.165) is 11.0 Å². The van der Waals surface area contributed by atoms with Crippen LogP contribution in [0.15, 0.2) is 48.5 Å². The maximum Gasteiger partial charge on any atom is 0.161 e. The number of nitriles is 1. The van der Waals surface area contributed by atoms with Crippen LogP contribution in [0.25, 0.3) is 11.0 Å². The normalized spacial score (nSPS) is 10.4. The standard InChI is InChI=1S/C17H15N3O2/c1-21-15-8-4-5-9-16(15)22-12-17-19-13-6-2-3-7-14(13)20(17)11-10-18/h2-9H,11-12H2,1H3. The maximum atomic E-state index is 9.03. The maximum absolute atomic E-state index is 9.03. The molecule has 0 aliphatic heterocycles. The Kier molecular flexibility index (Phi) is 3.92. The zero-order valence-electron chi connectivity index (χ0n) is 12.2. The molecule has 0 unspecified atom stereocenters. The van der Waals surface area contributed by atoms with Gasteiger partial charge in [0.1, 0.15) is 19.0 Å². The lowest BCUT2D eigenvalue weighted by molar-refractivity contribution is 0.273. The van der Waals surface area contributed by atoms with Crippen LogP contribution in [0.2, 0.25) is 0 Å². The summed E-state index contributed by atoms with van der Waals surface area (Å²) in [6, 6.07) is 17.4. The molecule has 0 aliphatic carbocycles. The van der Waals surface area contributed by atoms with Crippen LogP contribution >= 0.6 is 0 Å². The Morgan fingerprint density at radius 1 is 1.09 bits per heavy atom. The number of methoxy groups -OCH3 is 1. The summed E-state index contributed by atoms with van der Waals surface area (Å²) < 4.78 is 12.9. The molecule has 22 heavy (non-hydrogen) atoms. The van der Waals surface area contributed by atoms with E-state index in [0.29, 0.717) is 17.3 Å². The third-order valence-electron chi connectivity index (χ3n) is 3.39. The van der Waals surface area contributed by atoms with Crippen LogP contribution in [0.3, 0.4) is 0 Å². The van der Waals surface area contributed by atoms with Crippen molar-refractivity contribution in [3.63, 3.8) is 0 Å². The van der Waals surface area contributed by atoms with Crippen molar-refractivity contribution in [1.82, 2.24) is 9.55 Å². The second kappa shape index (κ2) is 6.19. The van der Waals surface area contributed by atoms with Crippen LogP contribution in [0.1, 0.15) is 5.82 Å². The molecule has 0 bridgehead atoms. The van der Waals surface area contributed by atoms with Gasteiger partial charge in [-0.25, -0.2) is 4.98 Å². The highest BCUT2D eigenvalue weighted by Crippen LogP contribution is 2.27. The Labute approximate surface area is 128 Å². The fraction of sp³-hybridized carbons (Fsp3) is 0.176. The molecule has 0 radical (unpaired) electrons. The van der Waals surface area contributed by atoms with Gasteiger partial charge in [-0.05, 0) is 24.3 Å². The van der Waals surface area contributed by atoms with E-state index in [1.807, 2.05) is 53.1 Å². The van der Waals surface area contributed by atoms with Gasteiger partial charge in [0.05, 0.1) is 24.2 Å². The molecule has 0 atom stereocenters. The topological polar surface area (TPSA) is 60.1 Å². The molecule has 3 aromatic rings. The molecule has 0 amide bonds. The predicted molar refractivity (Wildman–Crippen MR) is 82.7 cm³/mol. The molecule has 5 nitrogen and oxygen atoms in total. The van der Waals surface area contributed by atoms with Crippen molar-refractivity contribution < 1.29 is 9.47 Å². The van der Waals surface area contributed by atoms with Gasteiger partial charge in [-0.3, -0.25) is 0 Å². The Bertz CT molecular complexity index is 833. The molecule has 0 aliphatic rings. The minimum Gasteiger partial charge on any atom is -0.493 e. The van der Waals surface area contributed by atoms with Gasteiger partial charge < -0.3 is 14.0 Å². The highest BCUT2D eigenvalue weighted by atomic mass is 16.5. The molecule has 2 aromatic carbocycles. The van der Waals surface area contributed by atoms with Gasteiger partial charge in [0.25, 0.3) is 0 Å². The number of aromatic nitrogens is 2. The first-order valence-corrected chi connectivity index (χ1v) is 6.90. The largest absolute Gasteiger partial charge is 0.493 e. The molecule has 1 heterocycles. The van der Waals surface area contributed by atoms with Crippen molar-refractivity contribution in [1.29, 1.82) is 5.26 Å². The summed E-state index contributed by atoms with van der Waals surface area (Å²) in [4.78, 5) is 4.55. The number of rotatable bonds is 5. The van der Waals surface area contributed by atoms with Crippen LogP contribution in [-0.2, 0) is 13.2 Å². The second-order valence-electron chi connectivity index (χ2n) is 4.70. The third-order valence-corrected chi connectivity index (χ3v) is 3.39. The zero-order chi connectivity index (χ0) is 15.4. The van der Waals surface area contributed by atoms with Crippen LogP contribution in [0.4, 0.5) is 0 Å². The lowest BCUT2D eigenvalue weighted by Crippen LogP contribution is -2.07. The first kappa shape index (κ1) is 14.0. The highest BCUT2D eigenvalue weighted by molar-refractivity contribution is 5.76. The van der Waals surface area contributed by atoms with Crippen molar-refractivity contribution in [2.24, 2.45) is 0 Å². The molecule has 5 heteroatoms. The van der Waals surface area contributed by atoms with Crippen molar-refractivity contribution >= 4 is 11.0 Å². The Morgan fingerprint density at radius 3 is 2.59 bits per heavy atom. The third kappa shape index (κ3) is 2.59. The van der Waals surface area contributed by atoms with Gasteiger partial charge in [0, 0.05) is 0 Å². The molecule has 3 rings (SSSR count). The van der Waals surface area contributed by atoms with Gasteiger partial charge in [-0.1, -0.05) is 24.3 Å². The molecule has 1 aromatic heterocycles. The zero-order valence-corrected chi connectivity index (χ0v) is 12.2. The number of para-hydroxylation sites is 4. The van der Waals surface area contributed by atoms with Gasteiger partial charge in [-0.15, -0.1) is 0 Å². The van der Waals surface area contributed by atoms with Crippen molar-refractivity contribution in [3.8, 4) is 17.6 Å². The lowest BCUT2D eigenvalue weighted by Gasteiger charge is -2.10. The van der Waals surface area contributed by atoms with E-state index in [2.05, 4.69) is 11.1 Å². The number of hydrogen-bond donors (Lipinski definition) is 0. The van der Waals surface area contributed by atoms with E-state index in [1.54, 1.807) is 7.11 Å². The lowest BCUT2D eigenvalue weighted by atomic mass is 10.3. The average molecular weight is 293 g/mol. The summed E-state index contributed by atoms with van der Waals surface area (Å²) in [7, 11) is 1.60. The van der Waals surface area contributed by atoms with E-state index in [4.69, 9.17) is 14.7 Å². The second-order valence-corrected chi connectivity index (χ2v) is 4.70. The van der Waals surface area contributed by atoms with E-state index in [9.17, 15) is 0 Å². The van der Waals surface area contributed by atoms with E-state index >= 15 is 0 Å². The van der Waals surface area contributed by atoms with Gasteiger partial charge in [0.15, 0.2) is 11.5 Å². The number of imidazole rings is 1. The number of nitrogens with zero attached hydrogens (tertiary/aromatic N) is 3. The fourth-order valence-electron chi connectivity index (χ4n) is 2.36.